The minimum absolute atomic E-state index is 0.106. The molecule has 0 unspecified atom stereocenters. The molecule has 0 atom stereocenters. The van der Waals surface area contributed by atoms with Gasteiger partial charge in [-0.3, -0.25) is 4.72 Å². The molecule has 19 heavy (non-hydrogen) atoms. The number of sulfonamides is 1. The molecule has 108 valence electrons. The lowest BCUT2D eigenvalue weighted by molar-refractivity contribution is 0.571. The molecule has 0 aliphatic carbocycles. The first kappa shape index (κ1) is 16.9. The van der Waals surface area contributed by atoms with Crippen molar-refractivity contribution < 1.29 is 8.42 Å². The molecule has 0 aromatic heterocycles. The Morgan fingerprint density at radius 1 is 1.26 bits per heavy atom. The smallest absolute Gasteiger partial charge is 0.232 e. The van der Waals surface area contributed by atoms with Gasteiger partial charge in [-0.25, -0.2) is 8.42 Å². The van der Waals surface area contributed by atoms with E-state index >= 15 is 0 Å². The van der Waals surface area contributed by atoms with E-state index in [2.05, 4.69) is 41.9 Å². The van der Waals surface area contributed by atoms with Gasteiger partial charge in [-0.05, 0) is 47.1 Å². The molecule has 0 amide bonds. The number of anilines is 1. The average Bonchev–Trinajstić information content (AvgIpc) is 2.28. The van der Waals surface area contributed by atoms with Crippen LogP contribution >= 0.6 is 31.9 Å². The van der Waals surface area contributed by atoms with E-state index in [0.29, 0.717) is 29.2 Å². The molecule has 0 spiro atoms. The number of rotatable bonds is 7. The largest absolute Gasteiger partial charge is 0.314 e. The summed E-state index contributed by atoms with van der Waals surface area (Å²) in [6.45, 7) is 4.76. The highest BCUT2D eigenvalue weighted by atomic mass is 79.9. The topological polar surface area (TPSA) is 58.2 Å². The summed E-state index contributed by atoms with van der Waals surface area (Å²) in [4.78, 5) is 0. The van der Waals surface area contributed by atoms with Gasteiger partial charge >= 0.3 is 0 Å². The molecule has 2 N–H and O–H groups in total. The third-order valence-electron chi connectivity index (χ3n) is 2.34. The highest BCUT2D eigenvalue weighted by Crippen LogP contribution is 2.26. The number of benzene rings is 1. The van der Waals surface area contributed by atoms with E-state index in [0.717, 1.165) is 4.47 Å². The normalized spacial score (nSPS) is 11.8. The van der Waals surface area contributed by atoms with Gasteiger partial charge < -0.3 is 5.32 Å². The molecule has 7 heteroatoms. The van der Waals surface area contributed by atoms with Gasteiger partial charge in [0.05, 0.1) is 11.4 Å². The van der Waals surface area contributed by atoms with Crippen molar-refractivity contribution in [1.82, 2.24) is 5.32 Å². The Kier molecular flexibility index (Phi) is 6.79. The molecule has 1 rings (SSSR count). The minimum atomic E-state index is -3.30. The Morgan fingerprint density at radius 2 is 1.95 bits per heavy atom. The summed E-state index contributed by atoms with van der Waals surface area (Å²) in [5.74, 6) is 0.106. The minimum Gasteiger partial charge on any atom is -0.314 e. The van der Waals surface area contributed by atoms with Crippen molar-refractivity contribution in [1.29, 1.82) is 0 Å². The van der Waals surface area contributed by atoms with Gasteiger partial charge in [0.1, 0.15) is 0 Å². The lowest BCUT2D eigenvalue weighted by Crippen LogP contribution is -2.26. The zero-order valence-corrected chi connectivity index (χ0v) is 14.9. The first-order valence-electron chi connectivity index (χ1n) is 5.99. The van der Waals surface area contributed by atoms with Gasteiger partial charge in [0.2, 0.25) is 10.0 Å². The van der Waals surface area contributed by atoms with Crippen LogP contribution in [0.1, 0.15) is 20.3 Å². The first-order chi connectivity index (χ1) is 8.80. The lowest BCUT2D eigenvalue weighted by Gasteiger charge is -2.11. The predicted octanol–water partition coefficient (Wildman–Crippen LogP) is 3.34. The van der Waals surface area contributed by atoms with Crippen LogP contribution in [0, 0.1) is 0 Å². The van der Waals surface area contributed by atoms with E-state index in [1.54, 1.807) is 18.2 Å². The molecular formula is C12H18Br2N2O2S. The standard InChI is InChI=1S/C12H18Br2N2O2S/c1-9(2)15-6-3-7-19(17,18)16-12-5-4-10(13)8-11(12)14/h4-5,8-9,15-16H,3,6-7H2,1-2H3. The second-order valence-electron chi connectivity index (χ2n) is 4.51. The molecule has 0 fully saturated rings. The number of nitrogens with one attached hydrogen (secondary N) is 2. The molecule has 0 saturated heterocycles. The Balaban J connectivity index is 2.54. The van der Waals surface area contributed by atoms with Crippen LogP contribution in [0.15, 0.2) is 27.1 Å². The third-order valence-corrected chi connectivity index (χ3v) is 4.85. The van der Waals surface area contributed by atoms with Crippen molar-refractivity contribution in [2.45, 2.75) is 26.3 Å². The maximum absolute atomic E-state index is 11.9. The molecular weight excluding hydrogens is 396 g/mol. The van der Waals surface area contributed by atoms with Crippen molar-refractivity contribution >= 4 is 47.6 Å². The van der Waals surface area contributed by atoms with E-state index < -0.39 is 10.0 Å². The predicted molar refractivity (Wildman–Crippen MR) is 87.0 cm³/mol. The monoisotopic (exact) mass is 412 g/mol. The van der Waals surface area contributed by atoms with Crippen LogP contribution in [0.5, 0.6) is 0 Å². The van der Waals surface area contributed by atoms with Crippen LogP contribution in [0.2, 0.25) is 0 Å². The Morgan fingerprint density at radius 3 is 2.53 bits per heavy atom. The zero-order chi connectivity index (χ0) is 14.5. The summed E-state index contributed by atoms with van der Waals surface area (Å²) in [7, 11) is -3.30. The highest BCUT2D eigenvalue weighted by molar-refractivity contribution is 9.11. The Hall–Kier alpha value is -0.110. The fourth-order valence-corrected chi connectivity index (χ4v) is 3.86. The van der Waals surface area contributed by atoms with E-state index in [-0.39, 0.29) is 5.75 Å². The van der Waals surface area contributed by atoms with E-state index in [1.165, 1.54) is 0 Å². The van der Waals surface area contributed by atoms with Crippen molar-refractivity contribution in [3.8, 4) is 0 Å². The van der Waals surface area contributed by atoms with Crippen molar-refractivity contribution in [2.75, 3.05) is 17.0 Å². The summed E-state index contributed by atoms with van der Waals surface area (Å²) in [6, 6.07) is 5.69. The van der Waals surface area contributed by atoms with Crippen LogP contribution in [-0.2, 0) is 10.0 Å². The number of hydrogen-bond acceptors (Lipinski definition) is 3. The summed E-state index contributed by atoms with van der Waals surface area (Å²) in [5, 5.41) is 3.19. The maximum Gasteiger partial charge on any atom is 0.232 e. The Bertz CT molecular complexity index is 518. The first-order valence-corrected chi connectivity index (χ1v) is 9.23. The quantitative estimate of drug-likeness (QED) is 0.674. The van der Waals surface area contributed by atoms with E-state index in [1.807, 2.05) is 13.8 Å². The van der Waals surface area contributed by atoms with Crippen LogP contribution < -0.4 is 10.0 Å². The lowest BCUT2D eigenvalue weighted by atomic mass is 10.3. The van der Waals surface area contributed by atoms with Crippen LogP contribution in [0.25, 0.3) is 0 Å². The molecule has 1 aromatic rings. The molecule has 1 aromatic carbocycles. The second kappa shape index (κ2) is 7.61. The summed E-state index contributed by atoms with van der Waals surface area (Å²) >= 11 is 6.66. The molecule has 0 heterocycles. The van der Waals surface area contributed by atoms with Crippen LogP contribution in [-0.4, -0.2) is 26.8 Å². The number of halogens is 2. The van der Waals surface area contributed by atoms with Crippen molar-refractivity contribution in [3.05, 3.63) is 27.1 Å². The Labute approximate surface area is 131 Å². The molecule has 0 saturated carbocycles. The van der Waals surface area contributed by atoms with E-state index in [9.17, 15) is 8.42 Å². The maximum atomic E-state index is 11.9. The van der Waals surface area contributed by atoms with E-state index in [4.69, 9.17) is 0 Å². The molecule has 4 nitrogen and oxygen atoms in total. The van der Waals surface area contributed by atoms with Gasteiger partial charge in [-0.15, -0.1) is 0 Å². The summed E-state index contributed by atoms with van der Waals surface area (Å²) in [5.41, 5.74) is 0.556. The van der Waals surface area contributed by atoms with Crippen LogP contribution in [0.4, 0.5) is 5.69 Å². The molecule has 0 radical (unpaired) electrons. The van der Waals surface area contributed by atoms with Gasteiger partial charge in [0.15, 0.2) is 0 Å². The SMILES string of the molecule is CC(C)NCCCS(=O)(=O)Nc1ccc(Br)cc1Br. The zero-order valence-electron chi connectivity index (χ0n) is 10.9. The van der Waals surface area contributed by atoms with Gasteiger partial charge in [0.25, 0.3) is 0 Å². The molecule has 0 aliphatic rings. The van der Waals surface area contributed by atoms with Crippen molar-refractivity contribution in [2.24, 2.45) is 0 Å². The fourth-order valence-electron chi connectivity index (χ4n) is 1.44. The van der Waals surface area contributed by atoms with Gasteiger partial charge in [0, 0.05) is 15.0 Å². The molecule has 0 aliphatic heterocycles. The summed E-state index contributed by atoms with van der Waals surface area (Å²) in [6.07, 6.45) is 0.585. The molecule has 0 bridgehead atoms. The fraction of sp³-hybridized carbons (Fsp3) is 0.500. The third kappa shape index (κ3) is 6.74. The van der Waals surface area contributed by atoms with Gasteiger partial charge in [-0.1, -0.05) is 29.8 Å². The van der Waals surface area contributed by atoms with Gasteiger partial charge in [-0.2, -0.15) is 0 Å². The highest BCUT2D eigenvalue weighted by Gasteiger charge is 2.12. The van der Waals surface area contributed by atoms with Crippen molar-refractivity contribution in [3.63, 3.8) is 0 Å². The second-order valence-corrected chi connectivity index (χ2v) is 8.12. The average molecular weight is 414 g/mol. The summed E-state index contributed by atoms with van der Waals surface area (Å²) < 4.78 is 28.0. The number of hydrogen-bond donors (Lipinski definition) is 2. The van der Waals surface area contributed by atoms with Crippen LogP contribution in [0.3, 0.4) is 0 Å².